The fourth-order valence-corrected chi connectivity index (χ4v) is 1.94. The Kier molecular flexibility index (Phi) is 6.88. The molecule has 0 radical (unpaired) electrons. The van der Waals surface area contributed by atoms with Crippen LogP contribution in [0.3, 0.4) is 0 Å². The van der Waals surface area contributed by atoms with Gasteiger partial charge in [0.25, 0.3) is 0 Å². The molecule has 1 rings (SSSR count). The molecule has 0 spiro atoms. The summed E-state index contributed by atoms with van der Waals surface area (Å²) in [4.78, 5) is 17.8. The highest BCUT2D eigenvalue weighted by molar-refractivity contribution is 5.86. The van der Waals surface area contributed by atoms with Crippen LogP contribution in [-0.2, 0) is 18.4 Å². The number of aliphatic imine (C=N–C) groups is 1. The molecule has 0 unspecified atom stereocenters. The van der Waals surface area contributed by atoms with Crippen LogP contribution in [0.1, 0.15) is 30.3 Å². The van der Waals surface area contributed by atoms with Crippen LogP contribution >= 0.6 is 0 Å². The highest BCUT2D eigenvalue weighted by atomic mass is 16.2. The Labute approximate surface area is 132 Å². The third-order valence-corrected chi connectivity index (χ3v) is 3.50. The number of nitrogens with zero attached hydrogens (tertiary/aromatic N) is 4. The molecule has 1 aromatic rings. The van der Waals surface area contributed by atoms with Gasteiger partial charge in [0.1, 0.15) is 0 Å². The molecule has 2 N–H and O–H groups in total. The lowest BCUT2D eigenvalue weighted by Gasteiger charge is -2.14. The van der Waals surface area contributed by atoms with Gasteiger partial charge < -0.3 is 15.5 Å². The predicted molar refractivity (Wildman–Crippen MR) is 88.8 cm³/mol. The number of aromatic nitrogens is 2. The van der Waals surface area contributed by atoms with Gasteiger partial charge in [-0.2, -0.15) is 5.10 Å². The van der Waals surface area contributed by atoms with Crippen LogP contribution < -0.4 is 10.6 Å². The minimum atomic E-state index is 0.0136. The maximum Gasteiger partial charge on any atom is 0.241 e. The number of aryl methyl sites for hydroxylation is 2. The van der Waals surface area contributed by atoms with Crippen LogP contribution in [0.5, 0.6) is 0 Å². The van der Waals surface area contributed by atoms with E-state index in [9.17, 15) is 4.79 Å². The van der Waals surface area contributed by atoms with Crippen LogP contribution in [0.15, 0.2) is 4.99 Å². The zero-order valence-electron chi connectivity index (χ0n) is 14.5. The van der Waals surface area contributed by atoms with E-state index >= 15 is 0 Å². The van der Waals surface area contributed by atoms with Gasteiger partial charge in [-0.3, -0.25) is 9.48 Å². The third-order valence-electron chi connectivity index (χ3n) is 3.50. The van der Waals surface area contributed by atoms with Crippen molar-refractivity contribution in [2.75, 3.05) is 27.2 Å². The van der Waals surface area contributed by atoms with Crippen molar-refractivity contribution in [3.8, 4) is 0 Å². The number of nitrogens with one attached hydrogen (secondary N) is 2. The highest BCUT2D eigenvalue weighted by Crippen LogP contribution is 2.12. The summed E-state index contributed by atoms with van der Waals surface area (Å²) in [7, 11) is 5.41. The number of hydrogen-bond acceptors (Lipinski definition) is 3. The minimum absolute atomic E-state index is 0.0136. The van der Waals surface area contributed by atoms with E-state index in [1.165, 1.54) is 0 Å². The molecule has 0 aliphatic carbocycles. The average molecular weight is 308 g/mol. The van der Waals surface area contributed by atoms with Gasteiger partial charge in [-0.05, 0) is 20.3 Å². The molecular formula is C15H28N6O. The monoisotopic (exact) mass is 308 g/mol. The number of carbonyl (C=O) groups is 1. The van der Waals surface area contributed by atoms with E-state index in [4.69, 9.17) is 0 Å². The van der Waals surface area contributed by atoms with Gasteiger partial charge in [0, 0.05) is 38.9 Å². The van der Waals surface area contributed by atoms with Crippen molar-refractivity contribution in [3.05, 3.63) is 17.0 Å². The first kappa shape index (κ1) is 18.0. The van der Waals surface area contributed by atoms with Gasteiger partial charge in [-0.15, -0.1) is 0 Å². The second-order valence-electron chi connectivity index (χ2n) is 5.51. The molecule has 0 aliphatic heterocycles. The molecule has 0 saturated heterocycles. The Balaban J connectivity index is 2.75. The Bertz CT molecular complexity index is 532. The van der Waals surface area contributed by atoms with Gasteiger partial charge in [-0.1, -0.05) is 6.92 Å². The van der Waals surface area contributed by atoms with Crippen LogP contribution in [-0.4, -0.2) is 53.7 Å². The number of amides is 1. The lowest BCUT2D eigenvalue weighted by atomic mass is 10.2. The first-order valence-corrected chi connectivity index (χ1v) is 7.58. The Morgan fingerprint density at radius 3 is 2.50 bits per heavy atom. The summed E-state index contributed by atoms with van der Waals surface area (Å²) >= 11 is 0. The van der Waals surface area contributed by atoms with E-state index in [0.717, 1.165) is 29.9 Å². The smallest absolute Gasteiger partial charge is 0.241 e. The van der Waals surface area contributed by atoms with Crippen molar-refractivity contribution < 1.29 is 4.79 Å². The van der Waals surface area contributed by atoms with Crippen LogP contribution in [0.25, 0.3) is 0 Å². The summed E-state index contributed by atoms with van der Waals surface area (Å²) in [5, 5.41) is 10.7. The summed E-state index contributed by atoms with van der Waals surface area (Å²) in [5.41, 5.74) is 3.22. The summed E-state index contributed by atoms with van der Waals surface area (Å²) in [6, 6.07) is 0. The minimum Gasteiger partial charge on any atom is -0.356 e. The predicted octanol–water partition coefficient (Wildman–Crippen LogP) is 0.570. The van der Waals surface area contributed by atoms with Crippen molar-refractivity contribution in [3.63, 3.8) is 0 Å². The number of guanidine groups is 1. The maximum absolute atomic E-state index is 11.7. The summed E-state index contributed by atoms with van der Waals surface area (Å²) in [6.45, 7) is 7.69. The Hall–Kier alpha value is -2.05. The first-order valence-electron chi connectivity index (χ1n) is 7.58. The molecular weight excluding hydrogens is 280 g/mol. The van der Waals surface area contributed by atoms with Crippen molar-refractivity contribution in [2.24, 2.45) is 12.0 Å². The molecule has 1 aromatic heterocycles. The molecule has 0 aliphatic rings. The normalized spacial score (nSPS) is 11.5. The lowest BCUT2D eigenvalue weighted by molar-refractivity contribution is -0.127. The van der Waals surface area contributed by atoms with E-state index in [-0.39, 0.29) is 12.5 Å². The first-order chi connectivity index (χ1) is 10.4. The topological polar surface area (TPSA) is 74.5 Å². The van der Waals surface area contributed by atoms with Gasteiger partial charge in [0.2, 0.25) is 5.91 Å². The van der Waals surface area contributed by atoms with Crippen LogP contribution in [0.2, 0.25) is 0 Å². The van der Waals surface area contributed by atoms with E-state index in [0.29, 0.717) is 12.5 Å². The number of hydrogen-bond donors (Lipinski definition) is 2. The van der Waals surface area contributed by atoms with E-state index < -0.39 is 0 Å². The lowest BCUT2D eigenvalue weighted by Crippen LogP contribution is -2.43. The van der Waals surface area contributed by atoms with Crippen molar-refractivity contribution >= 4 is 11.9 Å². The fraction of sp³-hybridized carbons (Fsp3) is 0.667. The zero-order chi connectivity index (χ0) is 16.7. The molecule has 1 heterocycles. The fourth-order valence-electron chi connectivity index (χ4n) is 1.94. The SMILES string of the molecule is CCCNC(=NCc1c(C)nn(C)c1C)NCC(=O)N(C)C. The van der Waals surface area contributed by atoms with Crippen LogP contribution in [0.4, 0.5) is 0 Å². The molecule has 22 heavy (non-hydrogen) atoms. The van der Waals surface area contributed by atoms with Crippen molar-refractivity contribution in [2.45, 2.75) is 33.7 Å². The quantitative estimate of drug-likeness (QED) is 0.595. The second kappa shape index (κ2) is 8.41. The third kappa shape index (κ3) is 5.05. The zero-order valence-corrected chi connectivity index (χ0v) is 14.5. The number of rotatable bonds is 6. The van der Waals surface area contributed by atoms with Crippen LogP contribution in [0, 0.1) is 13.8 Å². The number of likely N-dealkylation sites (N-methyl/N-ethyl adjacent to an activating group) is 1. The van der Waals surface area contributed by atoms with Crippen molar-refractivity contribution in [1.29, 1.82) is 0 Å². The molecule has 0 saturated carbocycles. The Morgan fingerprint density at radius 2 is 2.00 bits per heavy atom. The van der Waals surface area contributed by atoms with Gasteiger partial charge in [0.15, 0.2) is 5.96 Å². The van der Waals surface area contributed by atoms with Gasteiger partial charge in [-0.25, -0.2) is 4.99 Å². The number of carbonyl (C=O) groups excluding carboxylic acids is 1. The highest BCUT2D eigenvalue weighted by Gasteiger charge is 2.10. The standard InChI is InChI=1S/C15H28N6O/c1-7-8-16-15(18-10-14(22)20(4)5)17-9-13-11(2)19-21(6)12(13)3/h7-10H2,1-6H3,(H2,16,17,18). The summed E-state index contributed by atoms with van der Waals surface area (Å²) < 4.78 is 1.86. The molecule has 0 atom stereocenters. The van der Waals surface area contributed by atoms with E-state index in [1.54, 1.807) is 19.0 Å². The second-order valence-corrected chi connectivity index (χ2v) is 5.51. The molecule has 124 valence electrons. The van der Waals surface area contributed by atoms with Gasteiger partial charge >= 0.3 is 0 Å². The van der Waals surface area contributed by atoms with Crippen molar-refractivity contribution in [1.82, 2.24) is 25.3 Å². The largest absolute Gasteiger partial charge is 0.356 e. The van der Waals surface area contributed by atoms with Gasteiger partial charge in [0.05, 0.1) is 18.8 Å². The molecule has 0 bridgehead atoms. The molecule has 1 amide bonds. The summed E-state index contributed by atoms with van der Waals surface area (Å²) in [6.07, 6.45) is 0.993. The van der Waals surface area contributed by atoms with E-state index in [1.807, 2.05) is 25.6 Å². The average Bonchev–Trinajstić information content (AvgIpc) is 2.71. The molecule has 7 heteroatoms. The Morgan fingerprint density at radius 1 is 1.32 bits per heavy atom. The molecule has 7 nitrogen and oxygen atoms in total. The maximum atomic E-state index is 11.7. The van der Waals surface area contributed by atoms with E-state index in [2.05, 4.69) is 27.6 Å². The summed E-state index contributed by atoms with van der Waals surface area (Å²) in [5.74, 6) is 0.666. The molecule has 0 fully saturated rings. The molecule has 0 aromatic carbocycles.